The zero-order chi connectivity index (χ0) is 25.5. The third-order valence-electron chi connectivity index (χ3n) is 5.52. The molecule has 3 aromatic rings. The quantitative estimate of drug-likeness (QED) is 0.358. The number of aliphatic hydroxyl groups is 1. The molecule has 9 nitrogen and oxygen atoms in total. The Morgan fingerprint density at radius 2 is 1.43 bits per heavy atom. The molecule has 1 N–H and O–H groups in total. The summed E-state index contributed by atoms with van der Waals surface area (Å²) in [4.78, 5) is 0. The second-order valence-electron chi connectivity index (χ2n) is 8.66. The van der Waals surface area contributed by atoms with Gasteiger partial charge in [-0.15, -0.1) is 0 Å². The maximum absolute atomic E-state index is 13.7. The molecule has 0 saturated heterocycles. The number of ether oxygens (including phenoxy) is 3. The summed E-state index contributed by atoms with van der Waals surface area (Å²) in [6, 6.07) is 16.1. The second kappa shape index (κ2) is 11.7. The van der Waals surface area contributed by atoms with Gasteiger partial charge in [0, 0.05) is 19.3 Å². The number of hydrogen-bond donors (Lipinski definition) is 1. The fraction of sp³-hybridized carbons (Fsp3) is 0.400. The predicted octanol–water partition coefficient (Wildman–Crippen LogP) is 3.04. The molecule has 3 rings (SSSR count). The molecule has 2 aromatic carbocycles. The van der Waals surface area contributed by atoms with Crippen LogP contribution >= 0.6 is 0 Å². The Kier molecular flexibility index (Phi) is 8.90. The highest BCUT2D eigenvalue weighted by Crippen LogP contribution is 2.24. The summed E-state index contributed by atoms with van der Waals surface area (Å²) in [5.74, 6) is 1.39. The third-order valence-corrected chi connectivity index (χ3v) is 7.20. The van der Waals surface area contributed by atoms with E-state index in [4.69, 9.17) is 19.3 Å². The number of rotatable bonds is 13. The van der Waals surface area contributed by atoms with Crippen LogP contribution in [0.5, 0.6) is 11.5 Å². The van der Waals surface area contributed by atoms with Crippen molar-refractivity contribution in [2.45, 2.75) is 37.5 Å². The van der Waals surface area contributed by atoms with Crippen molar-refractivity contribution >= 4 is 10.0 Å². The van der Waals surface area contributed by atoms with Crippen molar-refractivity contribution in [2.24, 2.45) is 0 Å². The highest BCUT2D eigenvalue weighted by Gasteiger charge is 2.30. The first kappa shape index (κ1) is 26.7. The average molecular weight is 504 g/mol. The zero-order valence-electron chi connectivity index (χ0n) is 20.5. The van der Waals surface area contributed by atoms with E-state index < -0.39 is 15.6 Å². The number of hydrogen-bond acceptors (Lipinski definition) is 7. The molecule has 0 unspecified atom stereocenters. The number of nitrogens with zero attached hydrogens (tertiary/aromatic N) is 3. The van der Waals surface area contributed by atoms with Crippen LogP contribution in [-0.4, -0.2) is 61.7 Å². The SMILES string of the molecule is COc1ccc(CN(Cc2ccc(OC)cc2)S(=O)(=O)c2ccn(C(C)(C)COCCO)n2)cc1. The molecule has 0 aliphatic rings. The summed E-state index contributed by atoms with van der Waals surface area (Å²) < 4.78 is 46.3. The fourth-order valence-corrected chi connectivity index (χ4v) is 4.79. The van der Waals surface area contributed by atoms with Gasteiger partial charge in [0.2, 0.25) is 0 Å². The van der Waals surface area contributed by atoms with E-state index in [2.05, 4.69) is 5.10 Å². The van der Waals surface area contributed by atoms with Gasteiger partial charge in [0.15, 0.2) is 5.03 Å². The predicted molar refractivity (Wildman–Crippen MR) is 132 cm³/mol. The first-order valence-electron chi connectivity index (χ1n) is 11.2. The van der Waals surface area contributed by atoms with Gasteiger partial charge in [0.1, 0.15) is 11.5 Å². The van der Waals surface area contributed by atoms with Gasteiger partial charge in [-0.05, 0) is 55.3 Å². The number of sulfonamides is 1. The standard InChI is InChI=1S/C25H33N3O6S/c1-25(2,19-34-16-15-29)28-14-13-24(26-28)35(30,31)27(17-20-5-9-22(32-3)10-6-20)18-21-7-11-23(33-4)12-8-21/h5-14,29H,15-19H2,1-4H3. The van der Waals surface area contributed by atoms with Crippen molar-refractivity contribution in [2.75, 3.05) is 34.0 Å². The summed E-state index contributed by atoms with van der Waals surface area (Å²) in [6.45, 7) is 4.49. The normalized spacial score (nSPS) is 12.2. The van der Waals surface area contributed by atoms with Crippen molar-refractivity contribution in [1.82, 2.24) is 14.1 Å². The molecule has 0 amide bonds. The number of aromatic nitrogens is 2. The molecule has 0 radical (unpaired) electrons. The third kappa shape index (κ3) is 6.82. The Morgan fingerprint density at radius 3 is 1.89 bits per heavy atom. The van der Waals surface area contributed by atoms with Crippen molar-refractivity contribution < 1.29 is 27.7 Å². The van der Waals surface area contributed by atoms with Crippen molar-refractivity contribution in [3.05, 3.63) is 71.9 Å². The smallest absolute Gasteiger partial charge is 0.262 e. The van der Waals surface area contributed by atoms with Gasteiger partial charge in [0.25, 0.3) is 10.0 Å². The van der Waals surface area contributed by atoms with E-state index in [1.54, 1.807) is 49.4 Å². The lowest BCUT2D eigenvalue weighted by atomic mass is 10.1. The minimum absolute atomic E-state index is 0.0465. The molecule has 1 heterocycles. The molecular weight excluding hydrogens is 470 g/mol. The van der Waals surface area contributed by atoms with Crippen LogP contribution in [0.3, 0.4) is 0 Å². The Morgan fingerprint density at radius 1 is 0.914 bits per heavy atom. The molecule has 0 fully saturated rings. The Bertz CT molecular complexity index is 1130. The molecule has 35 heavy (non-hydrogen) atoms. The molecule has 0 aliphatic carbocycles. The van der Waals surface area contributed by atoms with Crippen LogP contribution in [0, 0.1) is 0 Å². The maximum Gasteiger partial charge on any atom is 0.262 e. The lowest BCUT2D eigenvalue weighted by Crippen LogP contribution is -2.34. The Labute approximate surface area is 206 Å². The monoisotopic (exact) mass is 503 g/mol. The van der Waals surface area contributed by atoms with Crippen LogP contribution in [0.15, 0.2) is 65.8 Å². The molecule has 1 aromatic heterocycles. The van der Waals surface area contributed by atoms with E-state index >= 15 is 0 Å². The lowest BCUT2D eigenvalue weighted by Gasteiger charge is -2.25. The second-order valence-corrected chi connectivity index (χ2v) is 10.5. The maximum atomic E-state index is 13.7. The minimum Gasteiger partial charge on any atom is -0.497 e. The molecule has 0 aliphatic heterocycles. The van der Waals surface area contributed by atoms with E-state index in [-0.39, 0.29) is 37.9 Å². The molecule has 0 saturated carbocycles. The molecule has 0 atom stereocenters. The van der Waals surface area contributed by atoms with Gasteiger partial charge in [-0.2, -0.15) is 9.40 Å². The number of benzene rings is 2. The largest absolute Gasteiger partial charge is 0.497 e. The first-order valence-corrected chi connectivity index (χ1v) is 12.6. The van der Waals surface area contributed by atoms with E-state index in [1.807, 2.05) is 38.1 Å². The van der Waals surface area contributed by atoms with Gasteiger partial charge >= 0.3 is 0 Å². The van der Waals surface area contributed by atoms with Gasteiger partial charge < -0.3 is 19.3 Å². The first-order chi connectivity index (χ1) is 16.7. The summed E-state index contributed by atoms with van der Waals surface area (Å²) in [6.07, 6.45) is 1.63. The highest BCUT2D eigenvalue weighted by molar-refractivity contribution is 7.89. The highest BCUT2D eigenvalue weighted by atomic mass is 32.2. The van der Waals surface area contributed by atoms with E-state index in [0.717, 1.165) is 11.1 Å². The van der Waals surface area contributed by atoms with Crippen molar-refractivity contribution in [3.63, 3.8) is 0 Å². The van der Waals surface area contributed by atoms with E-state index in [1.165, 1.54) is 10.4 Å². The molecular formula is C25H33N3O6S. The molecule has 10 heteroatoms. The summed E-state index contributed by atoms with van der Waals surface area (Å²) >= 11 is 0. The van der Waals surface area contributed by atoms with Crippen LogP contribution in [0.4, 0.5) is 0 Å². The number of methoxy groups -OCH3 is 2. The number of aliphatic hydroxyl groups excluding tert-OH is 1. The van der Waals surface area contributed by atoms with Crippen LogP contribution in [-0.2, 0) is 33.4 Å². The molecule has 0 spiro atoms. The summed E-state index contributed by atoms with van der Waals surface area (Å²) in [5.41, 5.74) is 1.04. The molecule has 190 valence electrons. The molecule has 0 bridgehead atoms. The van der Waals surface area contributed by atoms with Crippen LogP contribution in [0.25, 0.3) is 0 Å². The minimum atomic E-state index is -3.94. The van der Waals surface area contributed by atoms with Gasteiger partial charge in [0.05, 0.1) is 39.6 Å². The van der Waals surface area contributed by atoms with Gasteiger partial charge in [-0.3, -0.25) is 4.68 Å². The fourth-order valence-electron chi connectivity index (χ4n) is 3.46. The van der Waals surface area contributed by atoms with Gasteiger partial charge in [-0.25, -0.2) is 8.42 Å². The topological polar surface area (TPSA) is 103 Å². The van der Waals surface area contributed by atoms with E-state index in [0.29, 0.717) is 11.5 Å². The van der Waals surface area contributed by atoms with Crippen LogP contribution in [0.2, 0.25) is 0 Å². The van der Waals surface area contributed by atoms with Crippen molar-refractivity contribution in [1.29, 1.82) is 0 Å². The average Bonchev–Trinajstić information content (AvgIpc) is 3.37. The Hall–Kier alpha value is -2.92. The van der Waals surface area contributed by atoms with Crippen LogP contribution < -0.4 is 9.47 Å². The lowest BCUT2D eigenvalue weighted by molar-refractivity contribution is 0.0387. The van der Waals surface area contributed by atoms with Crippen LogP contribution in [0.1, 0.15) is 25.0 Å². The Balaban J connectivity index is 1.90. The zero-order valence-corrected chi connectivity index (χ0v) is 21.4. The summed E-state index contributed by atoms with van der Waals surface area (Å²) in [5, 5.41) is 13.3. The van der Waals surface area contributed by atoms with Gasteiger partial charge in [-0.1, -0.05) is 24.3 Å². The van der Waals surface area contributed by atoms with Crippen molar-refractivity contribution in [3.8, 4) is 11.5 Å². The summed E-state index contributed by atoms with van der Waals surface area (Å²) in [7, 11) is -0.765. The van der Waals surface area contributed by atoms with E-state index in [9.17, 15) is 8.42 Å².